The van der Waals surface area contributed by atoms with Crippen molar-refractivity contribution in [2.45, 2.75) is 20.4 Å². The maximum Gasteiger partial charge on any atom is 0.120 e. The van der Waals surface area contributed by atoms with Crippen molar-refractivity contribution in [3.8, 4) is 5.75 Å². The SMILES string of the molecule is CC(C)COc1ccc(CN2CCNCC2)c(Cl)c1. The van der Waals surface area contributed by atoms with Crippen LogP contribution in [-0.4, -0.2) is 37.7 Å². The Morgan fingerprint density at radius 1 is 1.32 bits per heavy atom. The van der Waals surface area contributed by atoms with Gasteiger partial charge in [0.25, 0.3) is 0 Å². The van der Waals surface area contributed by atoms with Gasteiger partial charge in [-0.2, -0.15) is 0 Å². The van der Waals surface area contributed by atoms with Gasteiger partial charge in [0.1, 0.15) is 5.75 Å². The summed E-state index contributed by atoms with van der Waals surface area (Å²) in [6, 6.07) is 6.04. The monoisotopic (exact) mass is 282 g/mol. The summed E-state index contributed by atoms with van der Waals surface area (Å²) in [6.45, 7) is 10.2. The summed E-state index contributed by atoms with van der Waals surface area (Å²) in [7, 11) is 0. The first-order valence-electron chi connectivity index (χ1n) is 6.99. The number of hydrogen-bond donors (Lipinski definition) is 1. The first kappa shape index (κ1) is 14.6. The molecule has 0 radical (unpaired) electrons. The van der Waals surface area contributed by atoms with Gasteiger partial charge in [0.05, 0.1) is 6.61 Å². The minimum Gasteiger partial charge on any atom is -0.493 e. The fourth-order valence-corrected chi connectivity index (χ4v) is 2.35. The van der Waals surface area contributed by atoms with E-state index in [0.717, 1.165) is 50.1 Å². The first-order chi connectivity index (χ1) is 9.15. The van der Waals surface area contributed by atoms with Crippen LogP contribution in [-0.2, 0) is 6.54 Å². The molecule has 0 saturated carbocycles. The molecule has 19 heavy (non-hydrogen) atoms. The topological polar surface area (TPSA) is 24.5 Å². The van der Waals surface area contributed by atoms with Crippen LogP contribution in [0, 0.1) is 5.92 Å². The molecule has 1 aromatic rings. The standard InChI is InChI=1S/C15H23ClN2O/c1-12(2)11-19-14-4-3-13(15(16)9-14)10-18-7-5-17-6-8-18/h3-4,9,12,17H,5-8,10-11H2,1-2H3. The van der Waals surface area contributed by atoms with Gasteiger partial charge >= 0.3 is 0 Å². The van der Waals surface area contributed by atoms with E-state index in [1.807, 2.05) is 12.1 Å². The van der Waals surface area contributed by atoms with Gasteiger partial charge < -0.3 is 10.1 Å². The van der Waals surface area contributed by atoms with E-state index in [-0.39, 0.29) is 0 Å². The van der Waals surface area contributed by atoms with Crippen LogP contribution in [0.1, 0.15) is 19.4 Å². The molecule has 1 saturated heterocycles. The van der Waals surface area contributed by atoms with E-state index >= 15 is 0 Å². The normalized spacial score (nSPS) is 16.8. The Balaban J connectivity index is 1.94. The molecule has 1 heterocycles. The molecule has 0 bridgehead atoms. The molecule has 0 spiro atoms. The highest BCUT2D eigenvalue weighted by Crippen LogP contribution is 2.24. The van der Waals surface area contributed by atoms with Crippen LogP contribution in [0.15, 0.2) is 18.2 Å². The molecule has 0 atom stereocenters. The number of nitrogens with zero attached hydrogens (tertiary/aromatic N) is 1. The van der Waals surface area contributed by atoms with Crippen molar-refractivity contribution >= 4 is 11.6 Å². The van der Waals surface area contributed by atoms with Gasteiger partial charge in [-0.05, 0) is 23.6 Å². The van der Waals surface area contributed by atoms with Crippen LogP contribution in [0.3, 0.4) is 0 Å². The minimum atomic E-state index is 0.527. The fourth-order valence-electron chi connectivity index (χ4n) is 2.12. The number of benzene rings is 1. The smallest absolute Gasteiger partial charge is 0.120 e. The summed E-state index contributed by atoms with van der Waals surface area (Å²) in [4.78, 5) is 2.42. The lowest BCUT2D eigenvalue weighted by Crippen LogP contribution is -2.42. The lowest BCUT2D eigenvalue weighted by atomic mass is 10.2. The summed E-state index contributed by atoms with van der Waals surface area (Å²) in [6.07, 6.45) is 0. The van der Waals surface area contributed by atoms with Gasteiger partial charge in [0.15, 0.2) is 0 Å². The number of hydrogen-bond acceptors (Lipinski definition) is 3. The summed E-state index contributed by atoms with van der Waals surface area (Å²) >= 11 is 6.34. The molecule has 1 aromatic carbocycles. The van der Waals surface area contributed by atoms with E-state index in [1.165, 1.54) is 5.56 Å². The van der Waals surface area contributed by atoms with Crippen molar-refractivity contribution in [1.29, 1.82) is 0 Å². The van der Waals surface area contributed by atoms with E-state index in [9.17, 15) is 0 Å². The third kappa shape index (κ3) is 4.68. The summed E-state index contributed by atoms with van der Waals surface area (Å²) in [5.41, 5.74) is 1.18. The molecule has 0 aliphatic carbocycles. The number of piperazine rings is 1. The van der Waals surface area contributed by atoms with E-state index in [0.29, 0.717) is 5.92 Å². The first-order valence-corrected chi connectivity index (χ1v) is 7.37. The Morgan fingerprint density at radius 2 is 2.05 bits per heavy atom. The van der Waals surface area contributed by atoms with E-state index in [1.54, 1.807) is 0 Å². The summed E-state index contributed by atoms with van der Waals surface area (Å²) < 4.78 is 5.69. The number of ether oxygens (including phenoxy) is 1. The Kier molecular flexibility index (Phi) is 5.49. The van der Waals surface area contributed by atoms with Gasteiger partial charge in [-0.1, -0.05) is 31.5 Å². The van der Waals surface area contributed by atoms with E-state index in [2.05, 4.69) is 30.1 Å². The molecule has 2 rings (SSSR count). The van der Waals surface area contributed by atoms with Crippen molar-refractivity contribution < 1.29 is 4.74 Å². The van der Waals surface area contributed by atoms with Crippen molar-refractivity contribution in [3.05, 3.63) is 28.8 Å². The minimum absolute atomic E-state index is 0.527. The second-order valence-electron chi connectivity index (χ2n) is 5.48. The molecule has 1 aliphatic rings. The molecule has 1 N–H and O–H groups in total. The third-order valence-electron chi connectivity index (χ3n) is 3.21. The average Bonchev–Trinajstić information content (AvgIpc) is 2.40. The van der Waals surface area contributed by atoms with Crippen LogP contribution in [0.5, 0.6) is 5.75 Å². The molecule has 3 nitrogen and oxygen atoms in total. The second kappa shape index (κ2) is 7.13. The van der Waals surface area contributed by atoms with Gasteiger partial charge in [-0.15, -0.1) is 0 Å². The molecule has 1 aliphatic heterocycles. The average molecular weight is 283 g/mol. The van der Waals surface area contributed by atoms with Gasteiger partial charge in [-0.25, -0.2) is 0 Å². The number of rotatable bonds is 5. The predicted molar refractivity (Wildman–Crippen MR) is 79.9 cm³/mol. The molecule has 4 heteroatoms. The van der Waals surface area contributed by atoms with Crippen LogP contribution in [0.2, 0.25) is 5.02 Å². The van der Waals surface area contributed by atoms with Crippen LogP contribution >= 0.6 is 11.6 Å². The Labute approximate surface area is 120 Å². The molecular formula is C15H23ClN2O. The maximum absolute atomic E-state index is 6.34. The van der Waals surface area contributed by atoms with Crippen LogP contribution in [0.25, 0.3) is 0 Å². The fraction of sp³-hybridized carbons (Fsp3) is 0.600. The predicted octanol–water partition coefficient (Wildman–Crippen LogP) is 2.78. The van der Waals surface area contributed by atoms with Crippen molar-refractivity contribution in [1.82, 2.24) is 10.2 Å². The van der Waals surface area contributed by atoms with Crippen molar-refractivity contribution in [2.24, 2.45) is 5.92 Å². The molecule has 106 valence electrons. The van der Waals surface area contributed by atoms with Crippen LogP contribution in [0.4, 0.5) is 0 Å². The zero-order valence-electron chi connectivity index (χ0n) is 11.8. The lowest BCUT2D eigenvalue weighted by Gasteiger charge is -2.27. The molecule has 0 aromatic heterocycles. The molecule has 1 fully saturated rings. The van der Waals surface area contributed by atoms with E-state index in [4.69, 9.17) is 16.3 Å². The highest BCUT2D eigenvalue weighted by molar-refractivity contribution is 6.31. The van der Waals surface area contributed by atoms with Gasteiger partial charge in [-0.3, -0.25) is 4.90 Å². The van der Waals surface area contributed by atoms with Crippen molar-refractivity contribution in [2.75, 3.05) is 32.8 Å². The van der Waals surface area contributed by atoms with Crippen molar-refractivity contribution in [3.63, 3.8) is 0 Å². The molecule has 0 amide bonds. The highest BCUT2D eigenvalue weighted by Gasteiger charge is 2.12. The zero-order valence-corrected chi connectivity index (χ0v) is 12.5. The third-order valence-corrected chi connectivity index (χ3v) is 3.56. The van der Waals surface area contributed by atoms with Gasteiger partial charge in [0, 0.05) is 37.7 Å². The molecular weight excluding hydrogens is 260 g/mol. The Bertz CT molecular complexity index is 403. The second-order valence-corrected chi connectivity index (χ2v) is 5.89. The lowest BCUT2D eigenvalue weighted by molar-refractivity contribution is 0.233. The maximum atomic E-state index is 6.34. The van der Waals surface area contributed by atoms with Gasteiger partial charge in [0.2, 0.25) is 0 Å². The Hall–Kier alpha value is -0.770. The molecule has 0 unspecified atom stereocenters. The number of halogens is 1. The Morgan fingerprint density at radius 3 is 2.68 bits per heavy atom. The van der Waals surface area contributed by atoms with E-state index < -0.39 is 0 Å². The number of nitrogens with one attached hydrogen (secondary N) is 1. The highest BCUT2D eigenvalue weighted by atomic mass is 35.5. The summed E-state index contributed by atoms with van der Waals surface area (Å²) in [5, 5.41) is 4.16. The van der Waals surface area contributed by atoms with Crippen LogP contribution < -0.4 is 10.1 Å². The zero-order chi connectivity index (χ0) is 13.7. The largest absolute Gasteiger partial charge is 0.493 e. The quantitative estimate of drug-likeness (QED) is 0.899. The summed E-state index contributed by atoms with van der Waals surface area (Å²) in [5.74, 6) is 1.39.